The number of aryl methyl sites for hydroxylation is 2. The minimum absolute atomic E-state index is 0.0374. The average Bonchev–Trinajstić information content (AvgIpc) is 3.08. The van der Waals surface area contributed by atoms with Crippen LogP contribution in [0, 0.1) is 20.8 Å². The van der Waals surface area contributed by atoms with Crippen molar-refractivity contribution in [1.29, 1.82) is 0 Å². The van der Waals surface area contributed by atoms with Crippen LogP contribution in [0.2, 0.25) is 0 Å². The fourth-order valence-corrected chi connectivity index (χ4v) is 5.59. The van der Waals surface area contributed by atoms with E-state index in [4.69, 9.17) is 4.74 Å². The van der Waals surface area contributed by atoms with Gasteiger partial charge in [0.2, 0.25) is 0 Å². The molecule has 1 aromatic carbocycles. The summed E-state index contributed by atoms with van der Waals surface area (Å²) in [5.74, 6) is 1.36. The highest BCUT2D eigenvalue weighted by atomic mass is 32.2. The quantitative estimate of drug-likeness (QED) is 0.758. The normalized spacial score (nSPS) is 19.0. The zero-order valence-electron chi connectivity index (χ0n) is 16.8. The Hall–Kier alpha value is -1.86. The van der Waals surface area contributed by atoms with Crippen LogP contribution in [0.4, 0.5) is 0 Å². The largest absolute Gasteiger partial charge is 0.496 e. The van der Waals surface area contributed by atoms with E-state index in [0.29, 0.717) is 6.42 Å². The second-order valence-electron chi connectivity index (χ2n) is 7.64. The average molecular weight is 392 g/mol. The van der Waals surface area contributed by atoms with Crippen LogP contribution in [0.15, 0.2) is 18.2 Å². The van der Waals surface area contributed by atoms with Crippen LogP contribution in [0.5, 0.6) is 5.75 Å². The molecular formula is C20H29N3O3S. The molecule has 6 nitrogen and oxygen atoms in total. The number of benzene rings is 1. The van der Waals surface area contributed by atoms with Crippen LogP contribution in [-0.4, -0.2) is 48.8 Å². The first-order valence-electron chi connectivity index (χ1n) is 9.27. The van der Waals surface area contributed by atoms with E-state index in [2.05, 4.69) is 36.1 Å². The van der Waals surface area contributed by atoms with E-state index in [1.54, 1.807) is 7.11 Å². The van der Waals surface area contributed by atoms with Gasteiger partial charge in [0.1, 0.15) is 5.75 Å². The molecule has 7 heteroatoms. The molecule has 1 aliphatic heterocycles. The molecule has 1 saturated heterocycles. The van der Waals surface area contributed by atoms with E-state index in [0.717, 1.165) is 35.8 Å². The Bertz CT molecular complexity index is 934. The van der Waals surface area contributed by atoms with E-state index in [1.807, 2.05) is 24.6 Å². The Balaban J connectivity index is 1.77. The van der Waals surface area contributed by atoms with Crippen molar-refractivity contribution in [3.63, 3.8) is 0 Å². The van der Waals surface area contributed by atoms with Gasteiger partial charge in [-0.25, -0.2) is 8.42 Å². The predicted octanol–water partition coefficient (Wildman–Crippen LogP) is 2.81. The van der Waals surface area contributed by atoms with E-state index >= 15 is 0 Å². The molecule has 2 aromatic rings. The van der Waals surface area contributed by atoms with Gasteiger partial charge in [0.05, 0.1) is 30.4 Å². The second kappa shape index (κ2) is 7.64. The number of methoxy groups -OCH3 is 1. The molecular weight excluding hydrogens is 362 g/mol. The van der Waals surface area contributed by atoms with E-state index < -0.39 is 9.84 Å². The third-order valence-electron chi connectivity index (χ3n) is 5.33. The van der Waals surface area contributed by atoms with Gasteiger partial charge in [0.25, 0.3) is 0 Å². The summed E-state index contributed by atoms with van der Waals surface area (Å²) in [6.45, 7) is 7.66. The van der Waals surface area contributed by atoms with Gasteiger partial charge >= 0.3 is 0 Å². The van der Waals surface area contributed by atoms with Gasteiger partial charge in [-0.2, -0.15) is 5.10 Å². The van der Waals surface area contributed by atoms with Crippen molar-refractivity contribution in [3.05, 3.63) is 46.3 Å². The Morgan fingerprint density at radius 2 is 2.00 bits per heavy atom. The molecule has 27 heavy (non-hydrogen) atoms. The highest BCUT2D eigenvalue weighted by molar-refractivity contribution is 7.91. The highest BCUT2D eigenvalue weighted by Gasteiger charge is 2.31. The summed E-state index contributed by atoms with van der Waals surface area (Å²) in [6.07, 6.45) is 0.653. The molecule has 148 valence electrons. The molecule has 0 radical (unpaired) electrons. The summed E-state index contributed by atoms with van der Waals surface area (Å²) < 4.78 is 31.1. The smallest absolute Gasteiger partial charge is 0.152 e. The molecule has 0 saturated carbocycles. The molecule has 0 amide bonds. The van der Waals surface area contributed by atoms with Crippen LogP contribution in [0.1, 0.15) is 40.5 Å². The van der Waals surface area contributed by atoms with E-state index in [9.17, 15) is 8.42 Å². The Labute approximate surface area is 162 Å². The molecule has 1 aliphatic rings. The van der Waals surface area contributed by atoms with Crippen molar-refractivity contribution < 1.29 is 13.2 Å². The zero-order valence-corrected chi connectivity index (χ0v) is 17.6. The van der Waals surface area contributed by atoms with Gasteiger partial charge in [0.15, 0.2) is 9.84 Å². The number of sulfone groups is 1. The third-order valence-corrected chi connectivity index (χ3v) is 7.08. The summed E-state index contributed by atoms with van der Waals surface area (Å²) in [5.41, 5.74) is 5.58. The number of hydrogen-bond donors (Lipinski definition) is 0. The van der Waals surface area contributed by atoms with Crippen molar-refractivity contribution in [3.8, 4) is 5.75 Å². The molecule has 1 aromatic heterocycles. The minimum atomic E-state index is -2.92. The Kier molecular flexibility index (Phi) is 5.63. The number of aromatic nitrogens is 2. The first-order valence-corrected chi connectivity index (χ1v) is 11.1. The molecule has 0 aliphatic carbocycles. The summed E-state index contributed by atoms with van der Waals surface area (Å²) >= 11 is 0. The monoisotopic (exact) mass is 391 g/mol. The molecule has 0 spiro atoms. The molecule has 2 heterocycles. The van der Waals surface area contributed by atoms with Gasteiger partial charge in [-0.1, -0.05) is 17.7 Å². The van der Waals surface area contributed by atoms with Crippen molar-refractivity contribution in [1.82, 2.24) is 14.7 Å². The molecule has 1 fully saturated rings. The van der Waals surface area contributed by atoms with Gasteiger partial charge in [-0.3, -0.25) is 9.58 Å². The topological polar surface area (TPSA) is 64.4 Å². The zero-order chi connectivity index (χ0) is 19.8. The Morgan fingerprint density at radius 1 is 1.26 bits per heavy atom. The van der Waals surface area contributed by atoms with Crippen LogP contribution >= 0.6 is 0 Å². The van der Waals surface area contributed by atoms with Gasteiger partial charge in [0, 0.05) is 29.9 Å². The Morgan fingerprint density at radius 3 is 2.63 bits per heavy atom. The van der Waals surface area contributed by atoms with Gasteiger partial charge < -0.3 is 4.74 Å². The molecule has 0 unspecified atom stereocenters. The SMILES string of the molecule is COc1ccc(C)cc1CN(C)Cc1c(C)nn([C@H]2CCS(=O)(=O)C2)c1C. The lowest BCUT2D eigenvalue weighted by Gasteiger charge is -2.19. The number of rotatable bonds is 6. The molecule has 0 N–H and O–H groups in total. The van der Waals surface area contributed by atoms with Crippen molar-refractivity contribution in [2.45, 2.75) is 46.3 Å². The van der Waals surface area contributed by atoms with E-state index in [-0.39, 0.29) is 17.5 Å². The lowest BCUT2D eigenvalue weighted by atomic mass is 10.1. The van der Waals surface area contributed by atoms with Crippen molar-refractivity contribution in [2.75, 3.05) is 25.7 Å². The van der Waals surface area contributed by atoms with Crippen LogP contribution < -0.4 is 4.74 Å². The van der Waals surface area contributed by atoms with Crippen LogP contribution in [0.25, 0.3) is 0 Å². The van der Waals surface area contributed by atoms with Crippen molar-refractivity contribution >= 4 is 9.84 Å². The number of hydrogen-bond acceptors (Lipinski definition) is 5. The summed E-state index contributed by atoms with van der Waals surface area (Å²) in [4.78, 5) is 2.24. The van der Waals surface area contributed by atoms with E-state index in [1.165, 1.54) is 11.1 Å². The first-order chi connectivity index (χ1) is 12.7. The molecule has 0 bridgehead atoms. The predicted molar refractivity (Wildman–Crippen MR) is 107 cm³/mol. The van der Waals surface area contributed by atoms with Gasteiger partial charge in [-0.15, -0.1) is 0 Å². The van der Waals surface area contributed by atoms with Crippen LogP contribution in [-0.2, 0) is 22.9 Å². The lowest BCUT2D eigenvalue weighted by Crippen LogP contribution is -2.19. The minimum Gasteiger partial charge on any atom is -0.496 e. The second-order valence-corrected chi connectivity index (χ2v) is 9.87. The van der Waals surface area contributed by atoms with Gasteiger partial charge in [-0.05, 0) is 40.3 Å². The maximum Gasteiger partial charge on any atom is 0.152 e. The standard InChI is InChI=1S/C20H29N3O3S/c1-14-6-7-20(26-5)17(10-14)11-22(4)12-19-15(2)21-23(16(19)3)18-8-9-27(24,25)13-18/h6-7,10,18H,8-9,11-13H2,1-5H3/t18-/m0/s1. The molecule has 1 atom stereocenters. The lowest BCUT2D eigenvalue weighted by molar-refractivity contribution is 0.308. The third kappa shape index (κ3) is 4.35. The fraction of sp³-hybridized carbons (Fsp3) is 0.550. The number of nitrogens with zero attached hydrogens (tertiary/aromatic N) is 3. The summed E-state index contributed by atoms with van der Waals surface area (Å²) in [7, 11) is 0.853. The highest BCUT2D eigenvalue weighted by Crippen LogP contribution is 2.28. The first kappa shape index (κ1) is 19.9. The fourth-order valence-electron chi connectivity index (χ4n) is 3.90. The summed E-state index contributed by atoms with van der Waals surface area (Å²) in [6, 6.07) is 6.18. The maximum atomic E-state index is 11.8. The summed E-state index contributed by atoms with van der Waals surface area (Å²) in [5, 5.41) is 4.67. The van der Waals surface area contributed by atoms with Crippen molar-refractivity contribution in [2.24, 2.45) is 0 Å². The van der Waals surface area contributed by atoms with Crippen LogP contribution in [0.3, 0.4) is 0 Å². The number of ether oxygens (including phenoxy) is 1. The maximum absolute atomic E-state index is 11.8. The molecule has 3 rings (SSSR count).